The highest BCUT2D eigenvalue weighted by molar-refractivity contribution is 6.32. The summed E-state index contributed by atoms with van der Waals surface area (Å²) in [5, 5.41) is 0.576. The quantitative estimate of drug-likeness (QED) is 0.831. The zero-order valence-corrected chi connectivity index (χ0v) is 9.91. The predicted molar refractivity (Wildman–Crippen MR) is 63.1 cm³/mol. The molecule has 2 N–H and O–H groups in total. The van der Waals surface area contributed by atoms with Crippen LogP contribution in [0.2, 0.25) is 5.02 Å². The summed E-state index contributed by atoms with van der Waals surface area (Å²) in [5.41, 5.74) is 5.56. The van der Waals surface area contributed by atoms with Gasteiger partial charge in [-0.05, 0) is 5.92 Å². The van der Waals surface area contributed by atoms with E-state index in [4.69, 9.17) is 17.3 Å². The molecule has 1 aromatic rings. The average molecular weight is 229 g/mol. The molecular formula is C10H17ClN4. The maximum atomic E-state index is 6.03. The van der Waals surface area contributed by atoms with Crippen LogP contribution in [0, 0.1) is 5.92 Å². The Kier molecular flexibility index (Phi) is 4.78. The molecule has 0 bridgehead atoms. The van der Waals surface area contributed by atoms with Crippen LogP contribution in [0.25, 0.3) is 0 Å². The third-order valence-corrected chi connectivity index (χ3v) is 2.20. The zero-order chi connectivity index (χ0) is 11.3. The topological polar surface area (TPSA) is 55.0 Å². The summed E-state index contributed by atoms with van der Waals surface area (Å²) in [5.74, 6) is 1.31. The van der Waals surface area contributed by atoms with Gasteiger partial charge >= 0.3 is 0 Å². The molecule has 0 spiro atoms. The number of halogens is 1. The first-order chi connectivity index (χ1) is 7.15. The third-order valence-electron chi connectivity index (χ3n) is 1.93. The second kappa shape index (κ2) is 5.88. The summed E-state index contributed by atoms with van der Waals surface area (Å²) in [6.07, 6.45) is 3.11. The average Bonchev–Trinajstić information content (AvgIpc) is 2.17. The Bertz CT molecular complexity index is 303. The van der Waals surface area contributed by atoms with Gasteiger partial charge in [0.2, 0.25) is 0 Å². The standard InChI is InChI=1S/C10H17ClN4/c1-8(2)6-15(4-3-12)10-9(11)5-13-7-14-10/h5,7-8H,3-4,6,12H2,1-2H3. The molecular weight excluding hydrogens is 212 g/mol. The molecule has 1 aromatic heterocycles. The van der Waals surface area contributed by atoms with Gasteiger partial charge in [-0.25, -0.2) is 9.97 Å². The Labute approximate surface area is 95.5 Å². The number of nitrogens with zero attached hydrogens (tertiary/aromatic N) is 3. The molecule has 15 heavy (non-hydrogen) atoms. The Balaban J connectivity index is 2.83. The largest absolute Gasteiger partial charge is 0.354 e. The van der Waals surface area contributed by atoms with E-state index in [0.29, 0.717) is 17.5 Å². The van der Waals surface area contributed by atoms with Crippen LogP contribution in [0.5, 0.6) is 0 Å². The van der Waals surface area contributed by atoms with Crippen molar-refractivity contribution in [2.45, 2.75) is 13.8 Å². The van der Waals surface area contributed by atoms with E-state index in [-0.39, 0.29) is 0 Å². The maximum Gasteiger partial charge on any atom is 0.150 e. The number of hydrogen-bond acceptors (Lipinski definition) is 4. The highest BCUT2D eigenvalue weighted by Crippen LogP contribution is 2.21. The van der Waals surface area contributed by atoms with Crippen LogP contribution in [-0.4, -0.2) is 29.6 Å². The highest BCUT2D eigenvalue weighted by atomic mass is 35.5. The van der Waals surface area contributed by atoms with Crippen molar-refractivity contribution in [3.05, 3.63) is 17.5 Å². The first-order valence-electron chi connectivity index (χ1n) is 5.05. The van der Waals surface area contributed by atoms with E-state index < -0.39 is 0 Å². The first kappa shape index (κ1) is 12.2. The number of rotatable bonds is 5. The van der Waals surface area contributed by atoms with Gasteiger partial charge in [-0.15, -0.1) is 0 Å². The van der Waals surface area contributed by atoms with Crippen molar-refractivity contribution in [2.24, 2.45) is 11.7 Å². The zero-order valence-electron chi connectivity index (χ0n) is 9.15. The molecule has 0 amide bonds. The van der Waals surface area contributed by atoms with Crippen molar-refractivity contribution in [1.82, 2.24) is 9.97 Å². The summed E-state index contributed by atoms with van der Waals surface area (Å²) in [6.45, 7) is 6.55. The van der Waals surface area contributed by atoms with Crippen LogP contribution < -0.4 is 10.6 Å². The minimum absolute atomic E-state index is 0.544. The van der Waals surface area contributed by atoms with Crippen molar-refractivity contribution in [1.29, 1.82) is 0 Å². The minimum Gasteiger partial charge on any atom is -0.354 e. The van der Waals surface area contributed by atoms with E-state index in [1.807, 2.05) is 0 Å². The molecule has 5 heteroatoms. The lowest BCUT2D eigenvalue weighted by molar-refractivity contribution is 0.607. The lowest BCUT2D eigenvalue weighted by atomic mass is 10.2. The Morgan fingerprint density at radius 1 is 1.53 bits per heavy atom. The fraction of sp³-hybridized carbons (Fsp3) is 0.600. The molecule has 1 heterocycles. The monoisotopic (exact) mass is 228 g/mol. The van der Waals surface area contributed by atoms with E-state index in [1.165, 1.54) is 6.33 Å². The lowest BCUT2D eigenvalue weighted by Crippen LogP contribution is -2.33. The first-order valence-corrected chi connectivity index (χ1v) is 5.43. The van der Waals surface area contributed by atoms with E-state index in [2.05, 4.69) is 28.7 Å². The van der Waals surface area contributed by atoms with E-state index in [9.17, 15) is 0 Å². The molecule has 0 saturated heterocycles. The van der Waals surface area contributed by atoms with Crippen molar-refractivity contribution in [3.63, 3.8) is 0 Å². The van der Waals surface area contributed by atoms with Crippen molar-refractivity contribution in [3.8, 4) is 0 Å². The van der Waals surface area contributed by atoms with Gasteiger partial charge in [0.05, 0.1) is 6.20 Å². The van der Waals surface area contributed by atoms with Crippen molar-refractivity contribution in [2.75, 3.05) is 24.5 Å². The second-order valence-corrected chi connectivity index (χ2v) is 4.23. The van der Waals surface area contributed by atoms with Gasteiger partial charge in [0, 0.05) is 19.6 Å². The van der Waals surface area contributed by atoms with E-state index in [1.54, 1.807) is 6.20 Å². The molecule has 0 aliphatic heterocycles. The number of hydrogen-bond donors (Lipinski definition) is 1. The van der Waals surface area contributed by atoms with Crippen LogP contribution in [0.1, 0.15) is 13.8 Å². The molecule has 0 aromatic carbocycles. The number of aromatic nitrogens is 2. The molecule has 4 nitrogen and oxygen atoms in total. The molecule has 1 rings (SSSR count). The third kappa shape index (κ3) is 3.64. The molecule has 0 unspecified atom stereocenters. The van der Waals surface area contributed by atoms with E-state index >= 15 is 0 Å². The van der Waals surface area contributed by atoms with Crippen LogP contribution in [-0.2, 0) is 0 Å². The van der Waals surface area contributed by atoms with Gasteiger partial charge in [-0.3, -0.25) is 0 Å². The van der Waals surface area contributed by atoms with Gasteiger partial charge in [-0.1, -0.05) is 25.4 Å². The molecule has 84 valence electrons. The maximum absolute atomic E-state index is 6.03. The Morgan fingerprint density at radius 2 is 2.27 bits per heavy atom. The molecule has 0 radical (unpaired) electrons. The van der Waals surface area contributed by atoms with Crippen LogP contribution >= 0.6 is 11.6 Å². The van der Waals surface area contributed by atoms with Gasteiger partial charge in [0.1, 0.15) is 11.3 Å². The summed E-state index contributed by atoms with van der Waals surface area (Å²) < 4.78 is 0. The summed E-state index contributed by atoms with van der Waals surface area (Å²) in [4.78, 5) is 10.1. The van der Waals surface area contributed by atoms with Gasteiger partial charge in [0.25, 0.3) is 0 Å². The summed E-state index contributed by atoms with van der Waals surface area (Å²) in [6, 6.07) is 0. The molecule has 0 fully saturated rings. The summed E-state index contributed by atoms with van der Waals surface area (Å²) >= 11 is 6.03. The highest BCUT2D eigenvalue weighted by Gasteiger charge is 2.12. The SMILES string of the molecule is CC(C)CN(CCN)c1ncncc1Cl. The number of anilines is 1. The Morgan fingerprint density at radius 3 is 2.80 bits per heavy atom. The fourth-order valence-electron chi connectivity index (χ4n) is 1.42. The molecule has 0 saturated carbocycles. The van der Waals surface area contributed by atoms with Crippen molar-refractivity contribution >= 4 is 17.4 Å². The summed E-state index contributed by atoms with van der Waals surface area (Å²) in [7, 11) is 0. The molecule has 0 atom stereocenters. The van der Waals surface area contributed by atoms with Gasteiger partial charge < -0.3 is 10.6 Å². The van der Waals surface area contributed by atoms with Gasteiger partial charge in [-0.2, -0.15) is 0 Å². The predicted octanol–water partition coefficient (Wildman–Crippen LogP) is 1.55. The minimum atomic E-state index is 0.544. The normalized spacial score (nSPS) is 10.7. The molecule has 0 aliphatic rings. The van der Waals surface area contributed by atoms with Crippen molar-refractivity contribution < 1.29 is 0 Å². The second-order valence-electron chi connectivity index (χ2n) is 3.82. The number of nitrogens with two attached hydrogens (primary N) is 1. The Hall–Kier alpha value is -0.870. The molecule has 0 aliphatic carbocycles. The van der Waals surface area contributed by atoms with Crippen LogP contribution in [0.3, 0.4) is 0 Å². The van der Waals surface area contributed by atoms with Crippen LogP contribution in [0.15, 0.2) is 12.5 Å². The van der Waals surface area contributed by atoms with Gasteiger partial charge in [0.15, 0.2) is 5.82 Å². The smallest absolute Gasteiger partial charge is 0.150 e. The van der Waals surface area contributed by atoms with Crippen LogP contribution in [0.4, 0.5) is 5.82 Å². The fourth-order valence-corrected chi connectivity index (χ4v) is 1.64. The lowest BCUT2D eigenvalue weighted by Gasteiger charge is -2.25. The van der Waals surface area contributed by atoms with E-state index in [0.717, 1.165) is 18.9 Å².